The Morgan fingerprint density at radius 2 is 1.82 bits per heavy atom. The van der Waals surface area contributed by atoms with Crippen LogP contribution in [0.5, 0.6) is 0 Å². The molecule has 10 nitrogen and oxygen atoms in total. The van der Waals surface area contributed by atoms with Crippen LogP contribution in [0.4, 0.5) is 11.5 Å². The molecule has 34 heavy (non-hydrogen) atoms. The molecule has 3 N–H and O–H groups in total. The fraction of sp³-hybridized carbons (Fsp3) is 0.167. The van der Waals surface area contributed by atoms with E-state index in [2.05, 4.69) is 25.2 Å². The van der Waals surface area contributed by atoms with Gasteiger partial charge in [0.1, 0.15) is 0 Å². The summed E-state index contributed by atoms with van der Waals surface area (Å²) in [4.78, 5) is 42.2. The van der Waals surface area contributed by atoms with Crippen molar-refractivity contribution in [2.75, 3.05) is 36.5 Å². The molecule has 0 radical (unpaired) electrons. The van der Waals surface area contributed by atoms with Gasteiger partial charge < -0.3 is 24.9 Å². The van der Waals surface area contributed by atoms with Crippen molar-refractivity contribution in [3.05, 3.63) is 77.1 Å². The lowest BCUT2D eigenvalue weighted by Gasteiger charge is -2.27. The molecule has 4 heterocycles. The van der Waals surface area contributed by atoms with E-state index in [9.17, 15) is 9.59 Å². The van der Waals surface area contributed by atoms with Crippen LogP contribution in [0.2, 0.25) is 0 Å². The predicted octanol–water partition coefficient (Wildman–Crippen LogP) is 2.65. The zero-order chi connectivity index (χ0) is 23.1. The number of para-hydroxylation sites is 1. The molecule has 1 fully saturated rings. The van der Waals surface area contributed by atoms with Crippen molar-refractivity contribution >= 4 is 34.1 Å². The van der Waals surface area contributed by atoms with Crippen LogP contribution in [0.15, 0.2) is 65.7 Å². The number of hydrogen-bond acceptors (Lipinski definition) is 6. The van der Waals surface area contributed by atoms with E-state index in [0.717, 1.165) is 5.56 Å². The number of rotatable bonds is 4. The molecule has 1 saturated heterocycles. The molecule has 0 bridgehead atoms. The number of H-pyrrole nitrogens is 2. The molecule has 3 aromatic heterocycles. The molecule has 10 heteroatoms. The first kappa shape index (κ1) is 20.2. The second kappa shape index (κ2) is 8.16. The van der Waals surface area contributed by atoms with E-state index in [1.807, 2.05) is 52.9 Å². The van der Waals surface area contributed by atoms with E-state index in [1.54, 1.807) is 12.4 Å². The molecule has 0 aliphatic carbocycles. The van der Waals surface area contributed by atoms with Crippen molar-refractivity contribution in [1.82, 2.24) is 24.3 Å². The summed E-state index contributed by atoms with van der Waals surface area (Å²) in [6.07, 6.45) is 3.50. The Morgan fingerprint density at radius 1 is 1.03 bits per heavy atom. The van der Waals surface area contributed by atoms with E-state index in [0.29, 0.717) is 60.2 Å². The number of amides is 1. The lowest BCUT2D eigenvalue weighted by molar-refractivity contribution is 0.102. The van der Waals surface area contributed by atoms with Gasteiger partial charge >= 0.3 is 5.69 Å². The molecule has 1 aliphatic heterocycles. The predicted molar refractivity (Wildman–Crippen MR) is 128 cm³/mol. The standard InChI is InChI=1S/C24H21N7O3/c32-23(26-16-4-2-1-3-5-16)19-20(15-6-7-17-18(14-15)28-24(33)27-17)31-9-8-25-21(22(31)29-19)30-10-12-34-13-11-30/h1-9,14H,10-13H2,(H,26,32)(H2,27,28,33). The molecular weight excluding hydrogens is 434 g/mol. The summed E-state index contributed by atoms with van der Waals surface area (Å²) in [5, 5.41) is 2.94. The number of fused-ring (bicyclic) bond motifs is 2. The lowest BCUT2D eigenvalue weighted by Crippen LogP contribution is -2.37. The molecule has 1 aliphatic rings. The van der Waals surface area contributed by atoms with Crippen LogP contribution in [-0.2, 0) is 4.74 Å². The minimum Gasteiger partial charge on any atom is -0.378 e. The number of hydrogen-bond donors (Lipinski definition) is 3. The van der Waals surface area contributed by atoms with Crippen LogP contribution >= 0.6 is 0 Å². The highest BCUT2D eigenvalue weighted by atomic mass is 16.5. The number of aromatic nitrogens is 5. The third-order valence-electron chi connectivity index (χ3n) is 5.87. The molecule has 0 spiro atoms. The van der Waals surface area contributed by atoms with Crippen molar-refractivity contribution in [3.63, 3.8) is 0 Å². The molecule has 6 rings (SSSR count). The smallest absolute Gasteiger partial charge is 0.323 e. The third kappa shape index (κ3) is 3.50. The van der Waals surface area contributed by atoms with Gasteiger partial charge in [0, 0.05) is 36.7 Å². The first-order chi connectivity index (χ1) is 16.7. The zero-order valence-corrected chi connectivity index (χ0v) is 18.1. The van der Waals surface area contributed by atoms with Crippen molar-refractivity contribution in [1.29, 1.82) is 0 Å². The van der Waals surface area contributed by atoms with Gasteiger partial charge in [-0.15, -0.1) is 0 Å². The fourth-order valence-corrected chi connectivity index (χ4v) is 4.29. The van der Waals surface area contributed by atoms with Crippen LogP contribution in [0.25, 0.3) is 27.9 Å². The number of carbonyl (C=O) groups excluding carboxylic acids is 1. The Bertz CT molecular complexity index is 1560. The number of nitrogens with zero attached hydrogens (tertiary/aromatic N) is 4. The summed E-state index contributed by atoms with van der Waals surface area (Å²) >= 11 is 0. The molecule has 0 unspecified atom stereocenters. The molecular formula is C24H21N7O3. The summed E-state index contributed by atoms with van der Waals surface area (Å²) in [6.45, 7) is 2.60. The van der Waals surface area contributed by atoms with Crippen molar-refractivity contribution in [3.8, 4) is 11.3 Å². The zero-order valence-electron chi connectivity index (χ0n) is 18.1. The molecule has 0 atom stereocenters. The number of anilines is 2. The monoisotopic (exact) mass is 455 g/mol. The SMILES string of the molecule is O=C(Nc1ccccc1)c1nc2c(N3CCOCC3)nccn2c1-c1ccc2[nH]c(=O)[nH]c2c1. The van der Waals surface area contributed by atoms with E-state index in [4.69, 9.17) is 9.72 Å². The van der Waals surface area contributed by atoms with Crippen LogP contribution in [0.3, 0.4) is 0 Å². The highest BCUT2D eigenvalue weighted by Crippen LogP contribution is 2.31. The van der Waals surface area contributed by atoms with Gasteiger partial charge in [0.15, 0.2) is 17.2 Å². The maximum absolute atomic E-state index is 13.4. The molecule has 1 amide bonds. The van der Waals surface area contributed by atoms with E-state index in [1.165, 1.54) is 0 Å². The molecule has 5 aromatic rings. The number of benzene rings is 2. The van der Waals surface area contributed by atoms with Gasteiger partial charge in [0.2, 0.25) is 0 Å². The van der Waals surface area contributed by atoms with Gasteiger partial charge in [-0.25, -0.2) is 14.8 Å². The third-order valence-corrected chi connectivity index (χ3v) is 5.87. The second-order valence-electron chi connectivity index (χ2n) is 8.01. The average molecular weight is 455 g/mol. The minimum atomic E-state index is -0.333. The number of ether oxygens (including phenoxy) is 1. The van der Waals surface area contributed by atoms with Crippen LogP contribution in [0, 0.1) is 0 Å². The number of carbonyl (C=O) groups is 1. The Balaban J connectivity index is 1.54. The van der Waals surface area contributed by atoms with Crippen LogP contribution in [0.1, 0.15) is 10.5 Å². The Morgan fingerprint density at radius 3 is 2.65 bits per heavy atom. The summed E-state index contributed by atoms with van der Waals surface area (Å²) in [7, 11) is 0. The lowest BCUT2D eigenvalue weighted by atomic mass is 10.1. The number of morpholine rings is 1. The van der Waals surface area contributed by atoms with Gasteiger partial charge in [0.25, 0.3) is 5.91 Å². The first-order valence-corrected chi connectivity index (χ1v) is 11.0. The number of imidazole rings is 2. The average Bonchev–Trinajstić information content (AvgIpc) is 3.44. The van der Waals surface area contributed by atoms with Gasteiger partial charge in [-0.2, -0.15) is 0 Å². The quantitative estimate of drug-likeness (QED) is 0.383. The largest absolute Gasteiger partial charge is 0.378 e. The molecule has 170 valence electrons. The maximum Gasteiger partial charge on any atom is 0.323 e. The number of nitrogens with one attached hydrogen (secondary N) is 3. The molecule has 0 saturated carbocycles. The Labute approximate surface area is 193 Å². The van der Waals surface area contributed by atoms with Crippen LogP contribution in [-0.4, -0.2) is 56.5 Å². The maximum atomic E-state index is 13.4. The number of aromatic amines is 2. The van der Waals surface area contributed by atoms with Crippen molar-refractivity contribution in [2.24, 2.45) is 0 Å². The summed E-state index contributed by atoms with van der Waals surface area (Å²) < 4.78 is 7.36. The summed E-state index contributed by atoms with van der Waals surface area (Å²) in [5.41, 5.74) is 3.93. The normalized spacial score (nSPS) is 14.1. The summed E-state index contributed by atoms with van der Waals surface area (Å²) in [6, 6.07) is 14.8. The highest BCUT2D eigenvalue weighted by Gasteiger charge is 2.25. The van der Waals surface area contributed by atoms with Crippen LogP contribution < -0.4 is 15.9 Å². The van der Waals surface area contributed by atoms with Crippen molar-refractivity contribution < 1.29 is 9.53 Å². The fourth-order valence-electron chi connectivity index (χ4n) is 4.29. The second-order valence-corrected chi connectivity index (χ2v) is 8.01. The van der Waals surface area contributed by atoms with Gasteiger partial charge in [-0.1, -0.05) is 24.3 Å². The van der Waals surface area contributed by atoms with Gasteiger partial charge in [-0.3, -0.25) is 9.20 Å². The Kier molecular flexibility index (Phi) is 4.84. The summed E-state index contributed by atoms with van der Waals surface area (Å²) in [5.74, 6) is 0.363. The van der Waals surface area contributed by atoms with E-state index < -0.39 is 0 Å². The van der Waals surface area contributed by atoms with Gasteiger partial charge in [-0.05, 0) is 24.3 Å². The van der Waals surface area contributed by atoms with E-state index in [-0.39, 0.29) is 17.3 Å². The van der Waals surface area contributed by atoms with Crippen molar-refractivity contribution in [2.45, 2.75) is 0 Å². The first-order valence-electron chi connectivity index (χ1n) is 11.0. The van der Waals surface area contributed by atoms with Gasteiger partial charge in [0.05, 0.1) is 29.9 Å². The Hall–Kier alpha value is -4.44. The topological polar surface area (TPSA) is 120 Å². The van der Waals surface area contributed by atoms with E-state index >= 15 is 0 Å². The minimum absolute atomic E-state index is 0.267. The molecule has 2 aromatic carbocycles. The highest BCUT2D eigenvalue weighted by molar-refractivity contribution is 6.08.